The van der Waals surface area contributed by atoms with E-state index in [2.05, 4.69) is 5.32 Å². The lowest BCUT2D eigenvalue weighted by atomic mass is 10.0. The number of aryl methyl sites for hydroxylation is 2. The van der Waals surface area contributed by atoms with E-state index >= 15 is 0 Å². The van der Waals surface area contributed by atoms with Crippen molar-refractivity contribution < 1.29 is 9.59 Å². The maximum atomic E-state index is 11.4. The van der Waals surface area contributed by atoms with Gasteiger partial charge in [0.05, 0.1) is 5.57 Å². The number of carbonyl (C=O) groups is 2. The first-order valence-corrected chi connectivity index (χ1v) is 4.72. The second-order valence-electron chi connectivity index (χ2n) is 3.75. The van der Waals surface area contributed by atoms with Crippen molar-refractivity contribution in [3.05, 3.63) is 41.0 Å². The highest BCUT2D eigenvalue weighted by molar-refractivity contribution is 6.33. The highest BCUT2D eigenvalue weighted by Crippen LogP contribution is 2.20. The summed E-state index contributed by atoms with van der Waals surface area (Å²) in [5.74, 6) is -0.654. The van der Waals surface area contributed by atoms with Gasteiger partial charge < -0.3 is 0 Å². The van der Waals surface area contributed by atoms with E-state index in [1.165, 1.54) is 6.08 Å². The Kier molecular flexibility index (Phi) is 2.15. The Morgan fingerprint density at radius 1 is 1.00 bits per heavy atom. The van der Waals surface area contributed by atoms with E-state index in [0.717, 1.165) is 16.7 Å². The van der Waals surface area contributed by atoms with Crippen LogP contribution in [0.3, 0.4) is 0 Å². The van der Waals surface area contributed by atoms with Crippen LogP contribution in [0.1, 0.15) is 16.7 Å². The summed E-state index contributed by atoms with van der Waals surface area (Å²) in [4.78, 5) is 22.4. The monoisotopic (exact) mass is 201 g/mol. The average molecular weight is 201 g/mol. The third-order valence-corrected chi connectivity index (χ3v) is 2.29. The van der Waals surface area contributed by atoms with Crippen molar-refractivity contribution >= 4 is 17.4 Å². The lowest BCUT2D eigenvalue weighted by molar-refractivity contribution is -0.123. The molecule has 0 unspecified atom stereocenters. The van der Waals surface area contributed by atoms with Crippen LogP contribution in [0.25, 0.3) is 5.57 Å². The van der Waals surface area contributed by atoms with Crippen LogP contribution < -0.4 is 5.32 Å². The molecule has 1 aromatic carbocycles. The van der Waals surface area contributed by atoms with Gasteiger partial charge in [0.25, 0.3) is 11.8 Å². The van der Waals surface area contributed by atoms with Crippen LogP contribution in [0.15, 0.2) is 24.3 Å². The first-order chi connectivity index (χ1) is 7.06. The van der Waals surface area contributed by atoms with E-state index in [-0.39, 0.29) is 11.8 Å². The van der Waals surface area contributed by atoms with E-state index in [9.17, 15) is 9.59 Å². The van der Waals surface area contributed by atoms with Gasteiger partial charge in [0.2, 0.25) is 0 Å². The Balaban J connectivity index is 2.50. The van der Waals surface area contributed by atoms with Crippen molar-refractivity contribution in [2.24, 2.45) is 0 Å². The van der Waals surface area contributed by atoms with Crippen molar-refractivity contribution in [3.8, 4) is 0 Å². The van der Waals surface area contributed by atoms with E-state index in [4.69, 9.17) is 0 Å². The minimum absolute atomic E-state index is 0.315. The van der Waals surface area contributed by atoms with Crippen molar-refractivity contribution in [2.45, 2.75) is 13.8 Å². The molecule has 0 saturated heterocycles. The van der Waals surface area contributed by atoms with Crippen LogP contribution in [0.5, 0.6) is 0 Å². The van der Waals surface area contributed by atoms with Gasteiger partial charge in [-0.15, -0.1) is 0 Å². The fourth-order valence-corrected chi connectivity index (χ4v) is 1.76. The van der Waals surface area contributed by atoms with Crippen molar-refractivity contribution in [2.75, 3.05) is 0 Å². The van der Waals surface area contributed by atoms with Gasteiger partial charge >= 0.3 is 0 Å². The molecule has 1 aromatic rings. The normalized spacial score (nSPS) is 15.2. The molecule has 1 aliphatic rings. The van der Waals surface area contributed by atoms with Gasteiger partial charge in [0.1, 0.15) is 0 Å². The molecule has 2 rings (SSSR count). The topological polar surface area (TPSA) is 46.2 Å². The zero-order chi connectivity index (χ0) is 11.0. The standard InChI is InChI=1S/C12H11NO2/c1-7-3-8(2)5-9(4-7)10-6-11(14)13-12(10)15/h3-6H,1-2H3,(H,13,14,15). The summed E-state index contributed by atoms with van der Waals surface area (Å²) in [5, 5.41) is 2.23. The Morgan fingerprint density at radius 2 is 1.60 bits per heavy atom. The molecule has 0 atom stereocenters. The Bertz CT molecular complexity index is 466. The molecule has 0 fully saturated rings. The van der Waals surface area contributed by atoms with E-state index < -0.39 is 0 Å². The third kappa shape index (κ3) is 1.81. The minimum Gasteiger partial charge on any atom is -0.289 e. The average Bonchev–Trinajstić information content (AvgIpc) is 2.43. The number of rotatable bonds is 1. The maximum Gasteiger partial charge on any atom is 0.258 e. The van der Waals surface area contributed by atoms with Crippen molar-refractivity contribution in [3.63, 3.8) is 0 Å². The summed E-state index contributed by atoms with van der Waals surface area (Å²) in [7, 11) is 0. The molecule has 0 aromatic heterocycles. The summed E-state index contributed by atoms with van der Waals surface area (Å²) in [6.07, 6.45) is 1.34. The van der Waals surface area contributed by atoms with Crippen LogP contribution in [-0.4, -0.2) is 11.8 Å². The smallest absolute Gasteiger partial charge is 0.258 e. The van der Waals surface area contributed by atoms with Crippen molar-refractivity contribution in [1.82, 2.24) is 5.32 Å². The zero-order valence-corrected chi connectivity index (χ0v) is 8.63. The molecule has 76 valence electrons. The summed E-state index contributed by atoms with van der Waals surface area (Å²) >= 11 is 0. The molecule has 0 aliphatic carbocycles. The molecule has 3 nitrogen and oxygen atoms in total. The number of imide groups is 1. The van der Waals surface area contributed by atoms with Gasteiger partial charge in [-0.25, -0.2) is 0 Å². The molecule has 15 heavy (non-hydrogen) atoms. The molecule has 1 heterocycles. The predicted octanol–water partition coefficient (Wildman–Crippen LogP) is 1.34. The van der Waals surface area contributed by atoms with Crippen LogP contribution in [0, 0.1) is 13.8 Å². The highest BCUT2D eigenvalue weighted by Gasteiger charge is 2.22. The largest absolute Gasteiger partial charge is 0.289 e. The van der Waals surface area contributed by atoms with Gasteiger partial charge in [-0.1, -0.05) is 29.3 Å². The fourth-order valence-electron chi connectivity index (χ4n) is 1.76. The Labute approximate surface area is 87.8 Å². The summed E-state index contributed by atoms with van der Waals surface area (Å²) in [6.45, 7) is 3.93. The first kappa shape index (κ1) is 9.65. The van der Waals surface area contributed by atoms with Gasteiger partial charge in [-0.2, -0.15) is 0 Å². The molecule has 2 amide bonds. The molecule has 3 heteroatoms. The van der Waals surface area contributed by atoms with Gasteiger partial charge in [-0.05, 0) is 19.4 Å². The number of hydrogen-bond acceptors (Lipinski definition) is 2. The van der Waals surface area contributed by atoms with Crippen molar-refractivity contribution in [1.29, 1.82) is 0 Å². The van der Waals surface area contributed by atoms with E-state index in [1.54, 1.807) is 0 Å². The predicted molar refractivity (Wildman–Crippen MR) is 57.0 cm³/mol. The quantitative estimate of drug-likeness (QED) is 0.697. The molecule has 0 bridgehead atoms. The SMILES string of the molecule is Cc1cc(C)cc(C2=CC(=O)NC2=O)c1. The van der Waals surface area contributed by atoms with E-state index in [1.807, 2.05) is 32.0 Å². The number of carbonyl (C=O) groups excluding carboxylic acids is 2. The number of amides is 2. The second-order valence-corrected chi connectivity index (χ2v) is 3.75. The van der Waals surface area contributed by atoms with Gasteiger partial charge in [-0.3, -0.25) is 14.9 Å². The Morgan fingerprint density at radius 3 is 2.07 bits per heavy atom. The third-order valence-electron chi connectivity index (χ3n) is 2.29. The molecule has 0 radical (unpaired) electrons. The summed E-state index contributed by atoms with van der Waals surface area (Å²) < 4.78 is 0. The van der Waals surface area contributed by atoms with Crippen LogP contribution in [0.2, 0.25) is 0 Å². The number of hydrogen-bond donors (Lipinski definition) is 1. The zero-order valence-electron chi connectivity index (χ0n) is 8.63. The van der Waals surface area contributed by atoms with Gasteiger partial charge in [0.15, 0.2) is 0 Å². The lowest BCUT2D eigenvalue weighted by Crippen LogP contribution is -2.21. The molecule has 0 spiro atoms. The molecule has 1 aliphatic heterocycles. The Hall–Kier alpha value is -1.90. The maximum absolute atomic E-state index is 11.4. The van der Waals surface area contributed by atoms with E-state index in [0.29, 0.717) is 5.57 Å². The summed E-state index contributed by atoms with van der Waals surface area (Å²) in [5.41, 5.74) is 3.42. The lowest BCUT2D eigenvalue weighted by Gasteiger charge is -2.03. The fraction of sp³-hybridized carbons (Fsp3) is 0.167. The summed E-state index contributed by atoms with van der Waals surface area (Å²) in [6, 6.07) is 5.83. The highest BCUT2D eigenvalue weighted by atomic mass is 16.2. The molecule has 1 N–H and O–H groups in total. The number of benzene rings is 1. The van der Waals surface area contributed by atoms with Crippen LogP contribution in [0.4, 0.5) is 0 Å². The second kappa shape index (κ2) is 3.35. The van der Waals surface area contributed by atoms with Crippen LogP contribution in [-0.2, 0) is 9.59 Å². The molecular formula is C12H11NO2. The molecule has 0 saturated carbocycles. The number of nitrogens with one attached hydrogen (secondary N) is 1. The van der Waals surface area contributed by atoms with Crippen LogP contribution >= 0.6 is 0 Å². The van der Waals surface area contributed by atoms with Gasteiger partial charge in [0, 0.05) is 6.08 Å². The minimum atomic E-state index is -0.339. The first-order valence-electron chi connectivity index (χ1n) is 4.72. The molecular weight excluding hydrogens is 190 g/mol.